The van der Waals surface area contributed by atoms with Crippen molar-refractivity contribution in [2.24, 2.45) is 0 Å². The van der Waals surface area contributed by atoms with Gasteiger partial charge in [-0.15, -0.1) is 0 Å². The zero-order valence-electron chi connectivity index (χ0n) is 9.93. The van der Waals surface area contributed by atoms with Crippen LogP contribution in [0.4, 0.5) is 4.39 Å². The van der Waals surface area contributed by atoms with Crippen LogP contribution in [0.25, 0.3) is 0 Å². The van der Waals surface area contributed by atoms with Gasteiger partial charge in [0.05, 0.1) is 0 Å². The maximum Gasteiger partial charge on any atom is 0.308 e. The maximum atomic E-state index is 13.0. The van der Waals surface area contributed by atoms with Crippen molar-refractivity contribution in [3.63, 3.8) is 0 Å². The van der Waals surface area contributed by atoms with E-state index in [0.717, 1.165) is 19.3 Å². The van der Waals surface area contributed by atoms with Gasteiger partial charge in [0, 0.05) is 12.8 Å². The fourth-order valence-corrected chi connectivity index (χ4v) is 1.37. The third-order valence-electron chi connectivity index (χ3n) is 2.25. The highest BCUT2D eigenvalue weighted by atomic mass is 19.1. The van der Waals surface area contributed by atoms with Crippen molar-refractivity contribution < 1.29 is 13.9 Å². The third-order valence-corrected chi connectivity index (χ3v) is 2.25. The number of rotatable bonds is 9. The van der Waals surface area contributed by atoms with E-state index in [1.54, 1.807) is 0 Å². The highest BCUT2D eigenvalue weighted by Crippen LogP contribution is 2.11. The second-order valence-electron chi connectivity index (χ2n) is 3.85. The lowest BCUT2D eigenvalue weighted by Gasteiger charge is -2.09. The first-order chi connectivity index (χ1) is 7.20. The maximum absolute atomic E-state index is 13.0. The van der Waals surface area contributed by atoms with Crippen LogP contribution < -0.4 is 0 Å². The van der Waals surface area contributed by atoms with Crippen molar-refractivity contribution in [2.75, 3.05) is 0 Å². The molecule has 15 heavy (non-hydrogen) atoms. The van der Waals surface area contributed by atoms with Crippen molar-refractivity contribution in [2.45, 2.75) is 71.6 Å². The van der Waals surface area contributed by atoms with Crippen LogP contribution in [0.1, 0.15) is 65.2 Å². The summed E-state index contributed by atoms with van der Waals surface area (Å²) >= 11 is 0. The van der Waals surface area contributed by atoms with Crippen LogP contribution in [0.15, 0.2) is 0 Å². The average Bonchev–Trinajstić information content (AvgIpc) is 2.17. The number of carbonyl (C=O) groups is 1. The molecule has 1 unspecified atom stereocenters. The van der Waals surface area contributed by atoms with E-state index in [2.05, 4.69) is 11.7 Å². The first-order valence-electron chi connectivity index (χ1n) is 6.04. The number of carbonyl (C=O) groups excluding carboxylic acids is 1. The molecule has 0 rings (SSSR count). The van der Waals surface area contributed by atoms with Crippen LogP contribution in [0.5, 0.6) is 0 Å². The molecule has 1 atom stereocenters. The summed E-state index contributed by atoms with van der Waals surface area (Å²) in [5, 5.41) is 0. The topological polar surface area (TPSA) is 26.3 Å². The summed E-state index contributed by atoms with van der Waals surface area (Å²) in [5.74, 6) is -0.418. The van der Waals surface area contributed by atoms with Gasteiger partial charge in [-0.1, -0.05) is 39.5 Å². The van der Waals surface area contributed by atoms with Gasteiger partial charge in [-0.25, -0.2) is 4.39 Å². The Morgan fingerprint density at radius 3 is 2.40 bits per heavy atom. The summed E-state index contributed by atoms with van der Waals surface area (Å²) in [6, 6.07) is 0. The molecule has 0 heterocycles. The lowest BCUT2D eigenvalue weighted by atomic mass is 10.1. The number of ether oxygens (including phenoxy) is 1. The Hall–Kier alpha value is -0.600. The highest BCUT2D eigenvalue weighted by molar-refractivity contribution is 5.69. The van der Waals surface area contributed by atoms with Crippen LogP contribution in [0.3, 0.4) is 0 Å². The van der Waals surface area contributed by atoms with Crippen LogP contribution in [0.2, 0.25) is 0 Å². The quantitative estimate of drug-likeness (QED) is 0.432. The van der Waals surface area contributed by atoms with Crippen LogP contribution in [-0.2, 0) is 9.53 Å². The summed E-state index contributed by atoms with van der Waals surface area (Å²) < 4.78 is 17.6. The Kier molecular flexibility index (Phi) is 9.54. The molecule has 0 aliphatic carbocycles. The van der Waals surface area contributed by atoms with Gasteiger partial charge in [0.25, 0.3) is 0 Å². The van der Waals surface area contributed by atoms with Crippen molar-refractivity contribution in [1.29, 1.82) is 0 Å². The van der Waals surface area contributed by atoms with E-state index in [-0.39, 0.29) is 0 Å². The number of hydrogen-bond donors (Lipinski definition) is 0. The van der Waals surface area contributed by atoms with Gasteiger partial charge in [0.2, 0.25) is 6.36 Å². The molecule has 90 valence electrons. The van der Waals surface area contributed by atoms with Crippen LogP contribution in [0, 0.1) is 0 Å². The Bertz CT molecular complexity index is 160. The molecule has 0 fully saturated rings. The molecule has 0 spiro atoms. The number of hydrogen-bond acceptors (Lipinski definition) is 2. The smallest absolute Gasteiger partial charge is 0.308 e. The fraction of sp³-hybridized carbons (Fsp3) is 0.917. The Morgan fingerprint density at radius 2 is 1.80 bits per heavy atom. The molecule has 0 radical (unpaired) electrons. The summed E-state index contributed by atoms with van der Waals surface area (Å²) in [5.41, 5.74) is 0. The molecular weight excluding hydrogens is 195 g/mol. The molecule has 0 saturated heterocycles. The minimum Gasteiger partial charge on any atom is -0.431 e. The molecule has 2 nitrogen and oxygen atoms in total. The van der Waals surface area contributed by atoms with E-state index in [0.29, 0.717) is 19.3 Å². The summed E-state index contributed by atoms with van der Waals surface area (Å²) in [7, 11) is 0. The minimum atomic E-state index is -1.40. The predicted molar refractivity (Wildman–Crippen MR) is 59.3 cm³/mol. The van der Waals surface area contributed by atoms with Gasteiger partial charge < -0.3 is 4.74 Å². The second kappa shape index (κ2) is 9.94. The van der Waals surface area contributed by atoms with Crippen LogP contribution in [-0.4, -0.2) is 12.3 Å². The molecular formula is C12H23FO2. The normalized spacial score (nSPS) is 12.5. The molecule has 0 aliphatic heterocycles. The summed E-state index contributed by atoms with van der Waals surface area (Å²) in [6.07, 6.45) is 5.34. The van der Waals surface area contributed by atoms with E-state index in [1.165, 1.54) is 12.8 Å². The summed E-state index contributed by atoms with van der Waals surface area (Å²) in [4.78, 5) is 10.9. The predicted octanol–water partition coefficient (Wildman–Crippen LogP) is 3.99. The molecule has 0 aromatic rings. The van der Waals surface area contributed by atoms with E-state index < -0.39 is 12.3 Å². The molecule has 0 aliphatic rings. The van der Waals surface area contributed by atoms with Gasteiger partial charge in [-0.2, -0.15) is 0 Å². The SMILES string of the molecule is CCCCCCCC(F)OC(=O)CCC. The first-order valence-corrected chi connectivity index (χ1v) is 6.04. The van der Waals surface area contributed by atoms with E-state index in [1.807, 2.05) is 6.92 Å². The fourth-order valence-electron chi connectivity index (χ4n) is 1.37. The van der Waals surface area contributed by atoms with Crippen molar-refractivity contribution in [1.82, 2.24) is 0 Å². The lowest BCUT2D eigenvalue weighted by Crippen LogP contribution is -2.13. The van der Waals surface area contributed by atoms with E-state index in [9.17, 15) is 9.18 Å². The zero-order valence-corrected chi connectivity index (χ0v) is 9.93. The van der Waals surface area contributed by atoms with Crippen molar-refractivity contribution in [3.05, 3.63) is 0 Å². The number of halogens is 1. The van der Waals surface area contributed by atoms with Crippen LogP contribution >= 0.6 is 0 Å². The third kappa shape index (κ3) is 9.70. The highest BCUT2D eigenvalue weighted by Gasteiger charge is 2.11. The minimum absolute atomic E-state index is 0.316. The standard InChI is InChI=1S/C12H23FO2/c1-3-5-6-7-8-10-11(13)15-12(14)9-4-2/h11H,3-10H2,1-2H3. The molecule has 0 bridgehead atoms. The van der Waals surface area contributed by atoms with Gasteiger partial charge >= 0.3 is 5.97 Å². The second-order valence-corrected chi connectivity index (χ2v) is 3.85. The van der Waals surface area contributed by atoms with Gasteiger partial charge in [-0.3, -0.25) is 4.79 Å². The Balaban J connectivity index is 3.32. The first kappa shape index (κ1) is 14.4. The molecule has 0 N–H and O–H groups in total. The molecule has 0 saturated carbocycles. The lowest BCUT2D eigenvalue weighted by molar-refractivity contribution is -0.158. The van der Waals surface area contributed by atoms with Gasteiger partial charge in [0.1, 0.15) is 0 Å². The number of unbranched alkanes of at least 4 members (excludes halogenated alkanes) is 4. The van der Waals surface area contributed by atoms with Crippen molar-refractivity contribution >= 4 is 5.97 Å². The molecule has 0 aromatic carbocycles. The largest absolute Gasteiger partial charge is 0.431 e. The van der Waals surface area contributed by atoms with Gasteiger partial charge in [0.15, 0.2) is 0 Å². The monoisotopic (exact) mass is 218 g/mol. The Morgan fingerprint density at radius 1 is 1.13 bits per heavy atom. The van der Waals surface area contributed by atoms with E-state index >= 15 is 0 Å². The molecule has 0 aromatic heterocycles. The van der Waals surface area contributed by atoms with Crippen molar-refractivity contribution in [3.8, 4) is 0 Å². The number of alkyl halides is 1. The van der Waals surface area contributed by atoms with E-state index in [4.69, 9.17) is 0 Å². The number of esters is 1. The molecule has 3 heteroatoms. The average molecular weight is 218 g/mol. The molecule has 0 amide bonds. The summed E-state index contributed by atoms with van der Waals surface area (Å²) in [6.45, 7) is 4.02. The zero-order chi connectivity index (χ0) is 11.5. The Labute approximate surface area is 92.2 Å². The van der Waals surface area contributed by atoms with Gasteiger partial charge in [-0.05, 0) is 12.8 Å².